The third-order valence-corrected chi connectivity index (χ3v) is 3.94. The molecule has 20 heavy (non-hydrogen) atoms. The van der Waals surface area contributed by atoms with Crippen molar-refractivity contribution in [1.82, 2.24) is 4.98 Å². The van der Waals surface area contributed by atoms with Crippen LogP contribution in [0.4, 0.5) is 5.69 Å². The summed E-state index contributed by atoms with van der Waals surface area (Å²) < 4.78 is 0. The van der Waals surface area contributed by atoms with Gasteiger partial charge in [-0.05, 0) is 43.0 Å². The summed E-state index contributed by atoms with van der Waals surface area (Å²) in [5.74, 6) is 0.240. The van der Waals surface area contributed by atoms with Crippen molar-refractivity contribution in [3.05, 3.63) is 36.5 Å². The van der Waals surface area contributed by atoms with Crippen molar-refractivity contribution >= 4 is 22.5 Å². The second-order valence-corrected chi connectivity index (χ2v) is 5.54. The molecule has 1 amide bonds. The Bertz CT molecular complexity index is 706. The molecule has 0 spiro atoms. The summed E-state index contributed by atoms with van der Waals surface area (Å²) in [5.41, 5.74) is 0.692. The Morgan fingerprint density at radius 3 is 2.90 bits per heavy atom. The van der Waals surface area contributed by atoms with Crippen LogP contribution in [0, 0.1) is 22.7 Å². The summed E-state index contributed by atoms with van der Waals surface area (Å²) in [6.45, 7) is 2.06. The van der Waals surface area contributed by atoms with Gasteiger partial charge in [0.2, 0.25) is 5.91 Å². The Morgan fingerprint density at radius 1 is 1.40 bits per heavy atom. The van der Waals surface area contributed by atoms with Crippen LogP contribution in [0.5, 0.6) is 0 Å². The van der Waals surface area contributed by atoms with E-state index in [4.69, 9.17) is 0 Å². The van der Waals surface area contributed by atoms with E-state index >= 15 is 0 Å². The SMILES string of the molecule is CC1CC(C#N)(C(=O)Nc2cccc3ncccc23)C1. The monoisotopic (exact) mass is 265 g/mol. The average molecular weight is 265 g/mol. The lowest BCUT2D eigenvalue weighted by Gasteiger charge is -2.39. The molecule has 0 saturated heterocycles. The molecule has 3 rings (SSSR count). The molecule has 0 bridgehead atoms. The van der Waals surface area contributed by atoms with Gasteiger partial charge in [0.15, 0.2) is 0 Å². The molecule has 1 N–H and O–H groups in total. The maximum Gasteiger partial charge on any atom is 0.244 e. The van der Waals surface area contributed by atoms with Crippen molar-refractivity contribution in [1.29, 1.82) is 5.26 Å². The van der Waals surface area contributed by atoms with Gasteiger partial charge in [0.1, 0.15) is 5.41 Å². The molecule has 1 heterocycles. The number of pyridine rings is 1. The summed E-state index contributed by atoms with van der Waals surface area (Å²) >= 11 is 0. The van der Waals surface area contributed by atoms with Crippen LogP contribution in [0.1, 0.15) is 19.8 Å². The smallest absolute Gasteiger partial charge is 0.244 e. The van der Waals surface area contributed by atoms with Gasteiger partial charge in [-0.3, -0.25) is 9.78 Å². The highest BCUT2D eigenvalue weighted by Gasteiger charge is 2.49. The predicted molar refractivity (Wildman–Crippen MR) is 76.8 cm³/mol. The van der Waals surface area contributed by atoms with E-state index in [9.17, 15) is 10.1 Å². The molecule has 2 aromatic rings. The number of fused-ring (bicyclic) bond motifs is 1. The molecule has 0 atom stereocenters. The highest BCUT2D eigenvalue weighted by atomic mass is 16.2. The lowest BCUT2D eigenvalue weighted by atomic mass is 9.63. The fourth-order valence-corrected chi connectivity index (χ4v) is 2.91. The van der Waals surface area contributed by atoms with Crippen LogP contribution in [0.25, 0.3) is 10.9 Å². The van der Waals surface area contributed by atoms with Crippen molar-refractivity contribution in [2.24, 2.45) is 11.3 Å². The van der Waals surface area contributed by atoms with E-state index < -0.39 is 5.41 Å². The van der Waals surface area contributed by atoms with Crippen LogP contribution in [0.3, 0.4) is 0 Å². The number of nitriles is 1. The van der Waals surface area contributed by atoms with Gasteiger partial charge in [-0.15, -0.1) is 0 Å². The van der Waals surface area contributed by atoms with E-state index in [1.807, 2.05) is 30.3 Å². The Kier molecular flexibility index (Phi) is 2.90. The Balaban J connectivity index is 1.91. The van der Waals surface area contributed by atoms with Crippen molar-refractivity contribution in [3.63, 3.8) is 0 Å². The Labute approximate surface area is 117 Å². The molecule has 100 valence electrons. The quantitative estimate of drug-likeness (QED) is 0.907. The largest absolute Gasteiger partial charge is 0.324 e. The molecule has 1 aromatic carbocycles. The summed E-state index contributed by atoms with van der Waals surface area (Å²) in [4.78, 5) is 16.6. The van der Waals surface area contributed by atoms with Gasteiger partial charge >= 0.3 is 0 Å². The van der Waals surface area contributed by atoms with Gasteiger partial charge < -0.3 is 5.32 Å². The highest BCUT2D eigenvalue weighted by molar-refractivity contribution is 6.04. The topological polar surface area (TPSA) is 65.8 Å². The lowest BCUT2D eigenvalue weighted by molar-refractivity contribution is -0.128. The molecule has 1 aromatic heterocycles. The highest BCUT2D eigenvalue weighted by Crippen LogP contribution is 2.45. The number of rotatable bonds is 2. The van der Waals surface area contributed by atoms with Crippen LogP contribution >= 0.6 is 0 Å². The molecule has 4 heteroatoms. The lowest BCUT2D eigenvalue weighted by Crippen LogP contribution is -2.45. The Hall–Kier alpha value is -2.41. The number of nitrogens with one attached hydrogen (secondary N) is 1. The zero-order valence-corrected chi connectivity index (χ0v) is 11.3. The van der Waals surface area contributed by atoms with Crippen molar-refractivity contribution in [3.8, 4) is 6.07 Å². The van der Waals surface area contributed by atoms with Gasteiger partial charge in [0.25, 0.3) is 0 Å². The van der Waals surface area contributed by atoms with Crippen molar-refractivity contribution < 1.29 is 4.79 Å². The van der Waals surface area contributed by atoms with Crippen LogP contribution in [0.2, 0.25) is 0 Å². The van der Waals surface area contributed by atoms with E-state index in [2.05, 4.69) is 23.3 Å². The maximum atomic E-state index is 12.4. The fraction of sp³-hybridized carbons (Fsp3) is 0.312. The molecular formula is C16H15N3O. The molecule has 1 fully saturated rings. The predicted octanol–water partition coefficient (Wildman–Crippen LogP) is 3.11. The number of aromatic nitrogens is 1. The fourth-order valence-electron chi connectivity index (χ4n) is 2.91. The first kappa shape index (κ1) is 12.6. The number of carbonyl (C=O) groups excluding carboxylic acids is 1. The average Bonchev–Trinajstić information content (AvgIpc) is 2.44. The number of anilines is 1. The first-order valence-corrected chi connectivity index (χ1v) is 6.71. The summed E-state index contributed by atoms with van der Waals surface area (Å²) in [5, 5.41) is 13.1. The summed E-state index contributed by atoms with van der Waals surface area (Å²) in [6, 6.07) is 11.5. The molecular weight excluding hydrogens is 250 g/mol. The summed E-state index contributed by atoms with van der Waals surface area (Å²) in [6.07, 6.45) is 3.00. The molecule has 1 aliphatic rings. The minimum Gasteiger partial charge on any atom is -0.324 e. The number of carbonyl (C=O) groups is 1. The second-order valence-electron chi connectivity index (χ2n) is 5.54. The van der Waals surface area contributed by atoms with Crippen molar-refractivity contribution in [2.45, 2.75) is 19.8 Å². The van der Waals surface area contributed by atoms with Gasteiger partial charge in [0, 0.05) is 11.6 Å². The number of benzene rings is 1. The Morgan fingerprint density at radius 2 is 2.20 bits per heavy atom. The van der Waals surface area contributed by atoms with Crippen molar-refractivity contribution in [2.75, 3.05) is 5.32 Å². The van der Waals surface area contributed by atoms with Gasteiger partial charge in [-0.25, -0.2) is 0 Å². The van der Waals surface area contributed by atoms with Gasteiger partial charge in [-0.2, -0.15) is 5.26 Å². The minimum absolute atomic E-state index is 0.200. The molecule has 0 aliphatic heterocycles. The number of nitrogens with zero attached hydrogens (tertiary/aromatic N) is 2. The molecule has 4 nitrogen and oxygen atoms in total. The summed E-state index contributed by atoms with van der Waals surface area (Å²) in [7, 11) is 0. The van der Waals surface area contributed by atoms with Crippen LogP contribution < -0.4 is 5.32 Å². The number of hydrogen-bond donors (Lipinski definition) is 1. The first-order chi connectivity index (χ1) is 9.64. The van der Waals surface area contributed by atoms with E-state index in [1.54, 1.807) is 6.20 Å². The molecule has 0 unspecified atom stereocenters. The van der Waals surface area contributed by atoms with Crippen LogP contribution in [0.15, 0.2) is 36.5 Å². The van der Waals surface area contributed by atoms with Crippen LogP contribution in [-0.2, 0) is 4.79 Å². The van der Waals surface area contributed by atoms with Crippen LogP contribution in [-0.4, -0.2) is 10.9 Å². The zero-order valence-electron chi connectivity index (χ0n) is 11.3. The molecule has 1 aliphatic carbocycles. The van der Waals surface area contributed by atoms with E-state index in [1.165, 1.54) is 0 Å². The maximum absolute atomic E-state index is 12.4. The third-order valence-electron chi connectivity index (χ3n) is 3.94. The normalized spacial score (nSPS) is 24.7. The van der Waals surface area contributed by atoms with E-state index in [0.29, 0.717) is 18.8 Å². The molecule has 1 saturated carbocycles. The standard InChI is InChI=1S/C16H15N3O/c1-11-8-16(9-11,10-17)15(20)19-14-6-2-5-13-12(14)4-3-7-18-13/h2-7,11H,8-9H2,1H3,(H,19,20). The van der Waals surface area contributed by atoms with E-state index in [0.717, 1.165) is 16.6 Å². The molecule has 0 radical (unpaired) electrons. The minimum atomic E-state index is -0.857. The zero-order chi connectivity index (χ0) is 14.2. The number of amides is 1. The van der Waals surface area contributed by atoms with E-state index in [-0.39, 0.29) is 5.91 Å². The first-order valence-electron chi connectivity index (χ1n) is 6.71. The third kappa shape index (κ3) is 1.92. The second kappa shape index (κ2) is 4.61. The van der Waals surface area contributed by atoms with Gasteiger partial charge in [0.05, 0.1) is 17.3 Å². The van der Waals surface area contributed by atoms with Gasteiger partial charge in [-0.1, -0.05) is 13.0 Å². The number of hydrogen-bond acceptors (Lipinski definition) is 3.